The summed E-state index contributed by atoms with van der Waals surface area (Å²) in [5, 5.41) is 10.2. The lowest BCUT2D eigenvalue weighted by atomic mass is 9.94. The van der Waals surface area contributed by atoms with Crippen LogP contribution in [0.25, 0.3) is 5.57 Å². The van der Waals surface area contributed by atoms with Crippen molar-refractivity contribution in [3.63, 3.8) is 0 Å². The maximum Gasteiger partial charge on any atom is 0.319 e. The molecule has 1 aromatic rings. The first-order valence-corrected chi connectivity index (χ1v) is 8.40. The molecular formula is C18H22ClN3O. The van der Waals surface area contributed by atoms with Gasteiger partial charge in [-0.15, -0.1) is 0 Å². The zero-order chi connectivity index (χ0) is 16.8. The summed E-state index contributed by atoms with van der Waals surface area (Å²) < 4.78 is 0. The largest absolute Gasteiger partial charge is 0.325 e. The van der Waals surface area contributed by atoms with Gasteiger partial charge in [0.25, 0.3) is 0 Å². The standard InChI is InChI=1S/C18H22ClN3O/c1-3-21(4-2)18(23)22-11-9-15(10-12-22)17(13-20)14-5-7-16(19)8-6-14/h5-8H,3-4,9-12H2,1-2H3. The van der Waals surface area contributed by atoms with Crippen molar-refractivity contribution in [2.75, 3.05) is 26.2 Å². The summed E-state index contributed by atoms with van der Waals surface area (Å²) >= 11 is 5.91. The van der Waals surface area contributed by atoms with Gasteiger partial charge in [-0.2, -0.15) is 5.26 Å². The molecule has 1 saturated heterocycles. The average molecular weight is 332 g/mol. The molecule has 2 rings (SSSR count). The Hall–Kier alpha value is -1.99. The zero-order valence-corrected chi connectivity index (χ0v) is 14.4. The molecule has 5 heteroatoms. The Balaban J connectivity index is 2.11. The first-order chi connectivity index (χ1) is 11.1. The van der Waals surface area contributed by atoms with E-state index in [0.29, 0.717) is 18.1 Å². The molecule has 0 atom stereocenters. The SMILES string of the molecule is CCN(CC)C(=O)N1CCC(=C(C#N)c2ccc(Cl)cc2)CC1. The van der Waals surface area contributed by atoms with E-state index < -0.39 is 0 Å². The number of benzene rings is 1. The van der Waals surface area contributed by atoms with Gasteiger partial charge in [0.1, 0.15) is 0 Å². The van der Waals surface area contributed by atoms with Gasteiger partial charge in [-0.1, -0.05) is 23.7 Å². The summed E-state index contributed by atoms with van der Waals surface area (Å²) in [5.74, 6) is 0. The topological polar surface area (TPSA) is 47.3 Å². The number of rotatable bonds is 3. The molecule has 1 aliphatic rings. The highest BCUT2D eigenvalue weighted by atomic mass is 35.5. The van der Waals surface area contributed by atoms with Crippen LogP contribution in [0.15, 0.2) is 29.8 Å². The maximum atomic E-state index is 12.4. The summed E-state index contributed by atoms with van der Waals surface area (Å²) in [6.45, 7) is 6.77. The number of urea groups is 1. The molecule has 1 heterocycles. The van der Waals surface area contributed by atoms with Crippen LogP contribution in [0.1, 0.15) is 32.3 Å². The van der Waals surface area contributed by atoms with Crippen LogP contribution in [0.4, 0.5) is 4.79 Å². The molecule has 1 aromatic carbocycles. The number of carbonyl (C=O) groups is 1. The molecule has 0 radical (unpaired) electrons. The molecule has 0 bridgehead atoms. The monoisotopic (exact) mass is 331 g/mol. The normalized spacial score (nSPS) is 14.3. The first-order valence-electron chi connectivity index (χ1n) is 8.02. The van der Waals surface area contributed by atoms with E-state index in [1.807, 2.05) is 35.8 Å². The summed E-state index contributed by atoms with van der Waals surface area (Å²) in [6, 6.07) is 9.77. The van der Waals surface area contributed by atoms with Crippen LogP contribution in [0.2, 0.25) is 5.02 Å². The van der Waals surface area contributed by atoms with Gasteiger partial charge in [-0.3, -0.25) is 0 Å². The molecule has 122 valence electrons. The van der Waals surface area contributed by atoms with E-state index in [1.165, 1.54) is 0 Å². The highest BCUT2D eigenvalue weighted by molar-refractivity contribution is 6.30. The Morgan fingerprint density at radius 1 is 1.22 bits per heavy atom. The van der Waals surface area contributed by atoms with Crippen molar-refractivity contribution in [3.05, 3.63) is 40.4 Å². The van der Waals surface area contributed by atoms with Crippen molar-refractivity contribution in [1.82, 2.24) is 9.80 Å². The molecule has 4 nitrogen and oxygen atoms in total. The molecule has 0 saturated carbocycles. The van der Waals surface area contributed by atoms with Gasteiger partial charge >= 0.3 is 6.03 Å². The van der Waals surface area contributed by atoms with Crippen LogP contribution in [0.3, 0.4) is 0 Å². The lowest BCUT2D eigenvalue weighted by molar-refractivity contribution is 0.154. The van der Waals surface area contributed by atoms with Gasteiger partial charge in [0.05, 0.1) is 11.6 Å². The molecule has 0 aromatic heterocycles. The van der Waals surface area contributed by atoms with E-state index in [9.17, 15) is 10.1 Å². The van der Waals surface area contributed by atoms with Crippen LogP contribution in [-0.4, -0.2) is 42.0 Å². The number of piperidine rings is 1. The van der Waals surface area contributed by atoms with Crippen LogP contribution >= 0.6 is 11.6 Å². The number of likely N-dealkylation sites (tertiary alicyclic amines) is 1. The zero-order valence-electron chi connectivity index (χ0n) is 13.7. The van der Waals surface area contributed by atoms with Crippen molar-refractivity contribution >= 4 is 23.2 Å². The Kier molecular flexibility index (Phi) is 6.06. The fourth-order valence-electron chi connectivity index (χ4n) is 2.88. The third-order valence-corrected chi connectivity index (χ3v) is 4.52. The lowest BCUT2D eigenvalue weighted by Gasteiger charge is -2.33. The van der Waals surface area contributed by atoms with Crippen molar-refractivity contribution in [3.8, 4) is 6.07 Å². The molecule has 1 fully saturated rings. The van der Waals surface area contributed by atoms with Crippen molar-refractivity contribution < 1.29 is 4.79 Å². The highest BCUT2D eigenvalue weighted by Crippen LogP contribution is 2.27. The Labute approximate surface area is 142 Å². The van der Waals surface area contributed by atoms with Gasteiger partial charge in [0, 0.05) is 31.2 Å². The van der Waals surface area contributed by atoms with Crippen molar-refractivity contribution in [2.24, 2.45) is 0 Å². The summed E-state index contributed by atoms with van der Waals surface area (Å²) in [6.07, 6.45) is 1.50. The quantitative estimate of drug-likeness (QED) is 0.780. The molecule has 2 amide bonds. The van der Waals surface area contributed by atoms with Crippen LogP contribution in [0, 0.1) is 11.3 Å². The van der Waals surface area contributed by atoms with Crippen molar-refractivity contribution in [2.45, 2.75) is 26.7 Å². The minimum Gasteiger partial charge on any atom is -0.325 e. The lowest BCUT2D eigenvalue weighted by Crippen LogP contribution is -2.45. The second-order valence-corrected chi connectivity index (χ2v) is 5.98. The Morgan fingerprint density at radius 2 is 1.78 bits per heavy atom. The van der Waals surface area contributed by atoms with E-state index in [4.69, 9.17) is 11.6 Å². The summed E-state index contributed by atoms with van der Waals surface area (Å²) in [7, 11) is 0. The molecule has 0 N–H and O–H groups in total. The average Bonchev–Trinajstić information content (AvgIpc) is 2.59. The first kappa shape index (κ1) is 17.4. The third-order valence-electron chi connectivity index (χ3n) is 4.27. The molecule has 0 aliphatic carbocycles. The fraction of sp³-hybridized carbons (Fsp3) is 0.444. The minimum atomic E-state index is 0.0963. The van der Waals surface area contributed by atoms with E-state index in [1.54, 1.807) is 12.1 Å². The van der Waals surface area contributed by atoms with E-state index >= 15 is 0 Å². The van der Waals surface area contributed by atoms with Gasteiger partial charge in [-0.05, 0) is 50.0 Å². The number of hydrogen-bond acceptors (Lipinski definition) is 2. The molecule has 0 unspecified atom stereocenters. The van der Waals surface area contributed by atoms with Gasteiger partial charge in [0.15, 0.2) is 0 Å². The van der Waals surface area contributed by atoms with Crippen LogP contribution in [0.5, 0.6) is 0 Å². The molecule has 0 spiro atoms. The predicted molar refractivity (Wildman–Crippen MR) is 93.1 cm³/mol. The molecule has 23 heavy (non-hydrogen) atoms. The number of nitriles is 1. The second kappa shape index (κ2) is 8.03. The van der Waals surface area contributed by atoms with Gasteiger partial charge in [0.2, 0.25) is 0 Å². The van der Waals surface area contributed by atoms with E-state index in [-0.39, 0.29) is 6.03 Å². The number of halogens is 1. The number of allylic oxidation sites excluding steroid dienone is 1. The van der Waals surface area contributed by atoms with E-state index in [2.05, 4.69) is 6.07 Å². The van der Waals surface area contributed by atoms with Crippen LogP contribution < -0.4 is 0 Å². The van der Waals surface area contributed by atoms with Crippen molar-refractivity contribution in [1.29, 1.82) is 5.26 Å². The third kappa shape index (κ3) is 4.05. The predicted octanol–water partition coefficient (Wildman–Crippen LogP) is 4.17. The minimum absolute atomic E-state index is 0.0963. The molecular weight excluding hydrogens is 310 g/mol. The number of nitrogens with zero attached hydrogens (tertiary/aromatic N) is 3. The van der Waals surface area contributed by atoms with Gasteiger partial charge in [-0.25, -0.2) is 4.79 Å². The highest BCUT2D eigenvalue weighted by Gasteiger charge is 2.24. The summed E-state index contributed by atoms with van der Waals surface area (Å²) in [5.41, 5.74) is 2.74. The number of carbonyl (C=O) groups excluding carboxylic acids is 1. The smallest absolute Gasteiger partial charge is 0.319 e. The Bertz CT molecular complexity index is 617. The molecule has 1 aliphatic heterocycles. The Morgan fingerprint density at radius 3 is 2.26 bits per heavy atom. The maximum absolute atomic E-state index is 12.4. The fourth-order valence-corrected chi connectivity index (χ4v) is 3.00. The number of hydrogen-bond donors (Lipinski definition) is 0. The second-order valence-electron chi connectivity index (χ2n) is 5.54. The number of amides is 2. The van der Waals surface area contributed by atoms with Crippen LogP contribution in [-0.2, 0) is 0 Å². The van der Waals surface area contributed by atoms with Gasteiger partial charge < -0.3 is 9.80 Å². The van der Waals surface area contributed by atoms with E-state index in [0.717, 1.165) is 42.6 Å². The summed E-state index contributed by atoms with van der Waals surface area (Å²) in [4.78, 5) is 16.1.